The van der Waals surface area contributed by atoms with Crippen LogP contribution in [0.3, 0.4) is 0 Å². The highest BCUT2D eigenvalue weighted by Crippen LogP contribution is 2.28. The number of nitrogens with one attached hydrogen (secondary N) is 1. The van der Waals surface area contributed by atoms with Crippen molar-refractivity contribution in [3.63, 3.8) is 0 Å². The number of rotatable bonds is 4. The van der Waals surface area contributed by atoms with E-state index in [4.69, 9.17) is 4.42 Å². The minimum atomic E-state index is 0.590. The van der Waals surface area contributed by atoms with Gasteiger partial charge in [0.2, 0.25) is 0 Å². The molecule has 0 aromatic carbocycles. The highest BCUT2D eigenvalue weighted by molar-refractivity contribution is 5.27. The summed E-state index contributed by atoms with van der Waals surface area (Å²) in [5.74, 6) is 0.879. The Hall–Kier alpha value is -1.03. The maximum absolute atomic E-state index is 5.53. The van der Waals surface area contributed by atoms with Gasteiger partial charge >= 0.3 is 0 Å². The second-order valence-electron chi connectivity index (χ2n) is 5.18. The first-order valence-corrected chi connectivity index (χ1v) is 6.52. The van der Waals surface area contributed by atoms with E-state index >= 15 is 0 Å². The average molecular weight is 237 g/mol. The topological polar surface area (TPSA) is 41.3 Å². The average Bonchev–Trinajstić information content (AvgIpc) is 2.78. The van der Waals surface area contributed by atoms with E-state index in [2.05, 4.69) is 29.2 Å². The molecule has 0 bridgehead atoms. The predicted octanol–water partition coefficient (Wildman–Crippen LogP) is 2.41. The molecular formula is C13H23N3O. The molecule has 0 unspecified atom stereocenters. The molecule has 17 heavy (non-hydrogen) atoms. The number of hydrogen-bond donors (Lipinski definition) is 1. The molecule has 4 heteroatoms. The van der Waals surface area contributed by atoms with Gasteiger partial charge in [-0.3, -0.25) is 0 Å². The zero-order valence-corrected chi connectivity index (χ0v) is 11.1. The predicted molar refractivity (Wildman–Crippen MR) is 69.1 cm³/mol. The van der Waals surface area contributed by atoms with Gasteiger partial charge in [-0.25, -0.2) is 0 Å². The Morgan fingerprint density at radius 2 is 2.12 bits per heavy atom. The van der Waals surface area contributed by atoms with Gasteiger partial charge in [0.25, 0.3) is 6.01 Å². The van der Waals surface area contributed by atoms with Crippen molar-refractivity contribution >= 4 is 6.01 Å². The van der Waals surface area contributed by atoms with Gasteiger partial charge in [-0.1, -0.05) is 6.92 Å². The van der Waals surface area contributed by atoms with E-state index in [1.165, 1.54) is 25.7 Å². The van der Waals surface area contributed by atoms with Crippen LogP contribution in [0.4, 0.5) is 6.01 Å². The van der Waals surface area contributed by atoms with Gasteiger partial charge in [0, 0.05) is 19.6 Å². The van der Waals surface area contributed by atoms with E-state index in [1.807, 2.05) is 7.05 Å². The van der Waals surface area contributed by atoms with Crippen molar-refractivity contribution in [3.8, 4) is 0 Å². The molecule has 1 aromatic rings. The summed E-state index contributed by atoms with van der Waals surface area (Å²) in [6, 6.07) is 1.35. The quantitative estimate of drug-likeness (QED) is 0.873. The molecule has 2 rings (SSSR count). The second kappa shape index (κ2) is 5.54. The van der Waals surface area contributed by atoms with Crippen molar-refractivity contribution in [1.82, 2.24) is 10.3 Å². The molecular weight excluding hydrogens is 214 g/mol. The number of aromatic nitrogens is 1. The first-order chi connectivity index (χ1) is 8.20. The van der Waals surface area contributed by atoms with Crippen LogP contribution in [-0.2, 0) is 6.54 Å². The van der Waals surface area contributed by atoms with Crippen molar-refractivity contribution < 1.29 is 4.42 Å². The van der Waals surface area contributed by atoms with Crippen LogP contribution in [0.2, 0.25) is 0 Å². The van der Waals surface area contributed by atoms with Crippen molar-refractivity contribution in [3.05, 3.63) is 12.0 Å². The molecule has 1 aliphatic rings. The first kappa shape index (κ1) is 12.4. The lowest BCUT2D eigenvalue weighted by atomic mass is 9.87. The number of hydrogen-bond acceptors (Lipinski definition) is 4. The summed E-state index contributed by atoms with van der Waals surface area (Å²) in [6.45, 7) is 3.10. The third kappa shape index (κ3) is 3.00. The van der Waals surface area contributed by atoms with Crippen LogP contribution < -0.4 is 10.2 Å². The summed E-state index contributed by atoms with van der Waals surface area (Å²) in [4.78, 5) is 6.69. The van der Waals surface area contributed by atoms with Crippen molar-refractivity contribution in [2.45, 2.75) is 45.2 Å². The van der Waals surface area contributed by atoms with Crippen LogP contribution in [0, 0.1) is 5.92 Å². The van der Waals surface area contributed by atoms with Crippen molar-refractivity contribution in [2.24, 2.45) is 5.92 Å². The minimum Gasteiger partial charge on any atom is -0.432 e. The van der Waals surface area contributed by atoms with Gasteiger partial charge in [0.15, 0.2) is 0 Å². The maximum atomic E-state index is 5.53. The third-order valence-electron chi connectivity index (χ3n) is 3.73. The highest BCUT2D eigenvalue weighted by atomic mass is 16.4. The Morgan fingerprint density at radius 1 is 1.41 bits per heavy atom. The van der Waals surface area contributed by atoms with Gasteiger partial charge in [0.1, 0.15) is 6.26 Å². The van der Waals surface area contributed by atoms with Crippen LogP contribution in [0.25, 0.3) is 0 Å². The Morgan fingerprint density at radius 3 is 2.76 bits per heavy atom. The van der Waals surface area contributed by atoms with Gasteiger partial charge in [0.05, 0.1) is 5.69 Å². The summed E-state index contributed by atoms with van der Waals surface area (Å²) in [6.07, 6.45) is 6.88. The molecule has 1 heterocycles. The smallest absolute Gasteiger partial charge is 0.297 e. The third-order valence-corrected chi connectivity index (χ3v) is 3.73. The molecule has 0 radical (unpaired) electrons. The number of anilines is 1. The van der Waals surface area contributed by atoms with Crippen LogP contribution in [-0.4, -0.2) is 25.1 Å². The monoisotopic (exact) mass is 237 g/mol. The van der Waals surface area contributed by atoms with Crippen LogP contribution in [0.15, 0.2) is 10.7 Å². The minimum absolute atomic E-state index is 0.590. The van der Waals surface area contributed by atoms with E-state index in [9.17, 15) is 0 Å². The highest BCUT2D eigenvalue weighted by Gasteiger charge is 2.24. The molecule has 0 amide bonds. The molecule has 1 N–H and O–H groups in total. The Labute approximate surface area is 103 Å². The van der Waals surface area contributed by atoms with Crippen LogP contribution >= 0.6 is 0 Å². The molecule has 1 aliphatic carbocycles. The van der Waals surface area contributed by atoms with Gasteiger partial charge in [-0.2, -0.15) is 4.98 Å². The fourth-order valence-corrected chi connectivity index (χ4v) is 2.51. The Kier molecular flexibility index (Phi) is 4.05. The summed E-state index contributed by atoms with van der Waals surface area (Å²) in [5, 5.41) is 3.08. The lowest BCUT2D eigenvalue weighted by Crippen LogP contribution is -2.35. The van der Waals surface area contributed by atoms with Crippen molar-refractivity contribution in [1.29, 1.82) is 0 Å². The summed E-state index contributed by atoms with van der Waals surface area (Å²) in [7, 11) is 4.01. The molecule has 1 saturated carbocycles. The zero-order chi connectivity index (χ0) is 12.3. The Bertz CT molecular complexity index is 342. The molecule has 96 valence electrons. The normalized spacial score (nSPS) is 24.9. The molecule has 0 aliphatic heterocycles. The standard InChI is InChI=1S/C13H23N3O/c1-10-4-6-12(7-5-10)16(3)13-15-11(8-14-2)9-17-13/h9-10,12,14H,4-8H2,1-3H3. The SMILES string of the molecule is CNCc1coc(N(C)C2CCC(C)CC2)n1. The van der Waals surface area contributed by atoms with Crippen molar-refractivity contribution in [2.75, 3.05) is 19.0 Å². The van der Waals surface area contributed by atoms with Gasteiger partial charge in [-0.05, 0) is 38.6 Å². The van der Waals surface area contributed by atoms with E-state index in [0.29, 0.717) is 6.04 Å². The van der Waals surface area contributed by atoms with Gasteiger partial charge < -0.3 is 14.6 Å². The van der Waals surface area contributed by atoms with Gasteiger partial charge in [-0.15, -0.1) is 0 Å². The number of oxazole rings is 1. The van der Waals surface area contributed by atoms with E-state index in [-0.39, 0.29) is 0 Å². The maximum Gasteiger partial charge on any atom is 0.297 e. The fraction of sp³-hybridized carbons (Fsp3) is 0.769. The lowest BCUT2D eigenvalue weighted by Gasteiger charge is -2.32. The zero-order valence-electron chi connectivity index (χ0n) is 11.1. The summed E-state index contributed by atoms with van der Waals surface area (Å²) in [5.41, 5.74) is 0.971. The molecule has 0 spiro atoms. The van der Waals surface area contributed by atoms with E-state index < -0.39 is 0 Å². The molecule has 1 aromatic heterocycles. The lowest BCUT2D eigenvalue weighted by molar-refractivity contribution is 0.332. The van der Waals surface area contributed by atoms with Crippen LogP contribution in [0.5, 0.6) is 0 Å². The Balaban J connectivity index is 1.96. The molecule has 0 atom stereocenters. The van der Waals surface area contributed by atoms with E-state index in [1.54, 1.807) is 6.26 Å². The summed E-state index contributed by atoms with van der Waals surface area (Å²) >= 11 is 0. The number of nitrogens with zero attached hydrogens (tertiary/aromatic N) is 2. The molecule has 4 nitrogen and oxygen atoms in total. The molecule has 1 fully saturated rings. The second-order valence-corrected chi connectivity index (χ2v) is 5.18. The van der Waals surface area contributed by atoms with Crippen LogP contribution in [0.1, 0.15) is 38.3 Å². The molecule has 0 saturated heterocycles. The largest absolute Gasteiger partial charge is 0.432 e. The first-order valence-electron chi connectivity index (χ1n) is 6.52. The summed E-state index contributed by atoms with van der Waals surface area (Å²) < 4.78 is 5.53. The fourth-order valence-electron chi connectivity index (χ4n) is 2.51. The van der Waals surface area contributed by atoms with E-state index in [0.717, 1.165) is 24.2 Å².